The summed E-state index contributed by atoms with van der Waals surface area (Å²) in [6.45, 7) is 5.82. The third-order valence-corrected chi connectivity index (χ3v) is 6.41. The molecule has 0 saturated heterocycles. The molecule has 0 bridgehead atoms. The van der Waals surface area contributed by atoms with Crippen LogP contribution in [0.15, 0.2) is 36.5 Å². The molecule has 7 nitrogen and oxygen atoms in total. The van der Waals surface area contributed by atoms with Crippen LogP contribution in [-0.2, 0) is 10.2 Å². The molecule has 1 aliphatic heterocycles. The van der Waals surface area contributed by atoms with Crippen molar-refractivity contribution in [1.29, 1.82) is 0 Å². The smallest absolute Gasteiger partial charge is 0.481 e. The van der Waals surface area contributed by atoms with Crippen LogP contribution in [0.1, 0.15) is 35.1 Å². The number of rotatable bonds is 5. The Morgan fingerprint density at radius 2 is 1.79 bits per heavy atom. The molecule has 34 heavy (non-hydrogen) atoms. The number of aryl methyl sites for hydroxylation is 2. The number of amides is 1. The lowest BCUT2D eigenvalue weighted by atomic mass is 9.94. The molecule has 1 N–H and O–H groups in total. The first-order chi connectivity index (χ1) is 16.1. The zero-order valence-corrected chi connectivity index (χ0v) is 19.2. The molecule has 9 heteroatoms. The molecule has 5 rings (SSSR count). The Bertz CT molecular complexity index is 1320. The molecule has 0 radical (unpaired) electrons. The first-order valence-corrected chi connectivity index (χ1v) is 10.8. The maximum atomic E-state index is 13.4. The third kappa shape index (κ3) is 3.70. The van der Waals surface area contributed by atoms with E-state index in [1.165, 1.54) is 12.1 Å². The molecule has 2 aliphatic rings. The van der Waals surface area contributed by atoms with E-state index in [2.05, 4.69) is 19.8 Å². The quantitative estimate of drug-likeness (QED) is 0.564. The summed E-state index contributed by atoms with van der Waals surface area (Å²) in [4.78, 5) is 22.3. The fourth-order valence-electron chi connectivity index (χ4n) is 4.24. The number of halogens is 2. The van der Waals surface area contributed by atoms with Crippen LogP contribution >= 0.6 is 0 Å². The SMILES string of the molecule is COc1ncc(-c2nc(NC(=O)C3(c4ccc5c(c4)OC(F)(F)O5)CC3)cc(C)c2C)cc1C. The van der Waals surface area contributed by atoms with Crippen molar-refractivity contribution >= 4 is 11.7 Å². The lowest BCUT2D eigenvalue weighted by molar-refractivity contribution is -0.286. The molecule has 0 atom stereocenters. The van der Waals surface area contributed by atoms with Crippen LogP contribution < -0.4 is 19.5 Å². The molecule has 1 aliphatic carbocycles. The number of aromatic nitrogens is 2. The van der Waals surface area contributed by atoms with Gasteiger partial charge in [0.2, 0.25) is 11.8 Å². The van der Waals surface area contributed by atoms with Gasteiger partial charge in [0.1, 0.15) is 5.82 Å². The molecule has 1 fully saturated rings. The van der Waals surface area contributed by atoms with E-state index < -0.39 is 11.7 Å². The van der Waals surface area contributed by atoms with Gasteiger partial charge in [-0.1, -0.05) is 6.07 Å². The summed E-state index contributed by atoms with van der Waals surface area (Å²) in [7, 11) is 1.57. The standard InChI is InChI=1S/C25H23F2N3O4/c1-13-10-20(29-21(15(13)3)16-9-14(2)22(32-4)28-12-16)30-23(31)24(7-8-24)17-5-6-18-19(11-17)34-25(26,27)33-18/h5-6,9-12H,7-8H2,1-4H3,(H,29,30,31). The molecule has 3 heterocycles. The first-order valence-electron chi connectivity index (χ1n) is 10.8. The number of carbonyl (C=O) groups excluding carboxylic acids is 1. The van der Waals surface area contributed by atoms with Gasteiger partial charge in [0.05, 0.1) is 18.2 Å². The Labute approximate surface area is 195 Å². The molecule has 0 unspecified atom stereocenters. The molecule has 1 aromatic carbocycles. The lowest BCUT2D eigenvalue weighted by Crippen LogP contribution is -2.28. The highest BCUT2D eigenvalue weighted by Gasteiger charge is 2.53. The second-order valence-electron chi connectivity index (χ2n) is 8.71. The summed E-state index contributed by atoms with van der Waals surface area (Å²) >= 11 is 0. The largest absolute Gasteiger partial charge is 0.586 e. The summed E-state index contributed by atoms with van der Waals surface area (Å²) in [6.07, 6.45) is -0.826. The second kappa shape index (κ2) is 7.65. The zero-order chi connectivity index (χ0) is 24.3. The fourth-order valence-corrected chi connectivity index (χ4v) is 4.24. The molecular weight excluding hydrogens is 444 g/mol. The topological polar surface area (TPSA) is 82.6 Å². The van der Waals surface area contributed by atoms with Crippen molar-refractivity contribution in [3.8, 4) is 28.6 Å². The van der Waals surface area contributed by atoms with Gasteiger partial charge >= 0.3 is 6.29 Å². The minimum absolute atomic E-state index is 0.0474. The first kappa shape index (κ1) is 22.1. The highest BCUT2D eigenvalue weighted by Crippen LogP contribution is 2.52. The van der Waals surface area contributed by atoms with Crippen LogP contribution in [0.25, 0.3) is 11.3 Å². The maximum Gasteiger partial charge on any atom is 0.586 e. The van der Waals surface area contributed by atoms with Gasteiger partial charge in [0.15, 0.2) is 11.5 Å². The van der Waals surface area contributed by atoms with Crippen LogP contribution in [0.4, 0.5) is 14.6 Å². The van der Waals surface area contributed by atoms with Gasteiger partial charge in [-0.15, -0.1) is 8.78 Å². The normalized spacial score (nSPS) is 16.8. The van der Waals surface area contributed by atoms with Gasteiger partial charge in [-0.25, -0.2) is 9.97 Å². The summed E-state index contributed by atoms with van der Waals surface area (Å²) in [5.41, 5.74) is 4.11. The average Bonchev–Trinajstić information content (AvgIpc) is 3.53. The van der Waals surface area contributed by atoms with Gasteiger partial charge in [-0.2, -0.15) is 0 Å². The number of pyridine rings is 2. The van der Waals surface area contributed by atoms with Gasteiger partial charge in [0.25, 0.3) is 0 Å². The Kier molecular flexibility index (Phi) is 4.96. The Morgan fingerprint density at radius 1 is 1.06 bits per heavy atom. The number of benzene rings is 1. The lowest BCUT2D eigenvalue weighted by Gasteiger charge is -2.18. The van der Waals surface area contributed by atoms with Gasteiger partial charge in [-0.3, -0.25) is 4.79 Å². The summed E-state index contributed by atoms with van der Waals surface area (Å²) in [5, 5.41) is 2.93. The predicted octanol–water partition coefficient (Wildman–Crippen LogP) is 5.07. The maximum absolute atomic E-state index is 13.4. The van der Waals surface area contributed by atoms with E-state index in [0.717, 1.165) is 22.3 Å². The Balaban J connectivity index is 1.43. The van der Waals surface area contributed by atoms with E-state index in [9.17, 15) is 13.6 Å². The van der Waals surface area contributed by atoms with Crippen molar-refractivity contribution < 1.29 is 27.8 Å². The molecule has 1 amide bonds. The van der Waals surface area contributed by atoms with Crippen molar-refractivity contribution in [1.82, 2.24) is 9.97 Å². The van der Waals surface area contributed by atoms with Crippen molar-refractivity contribution in [2.24, 2.45) is 0 Å². The van der Waals surface area contributed by atoms with Crippen molar-refractivity contribution in [2.45, 2.75) is 45.3 Å². The van der Waals surface area contributed by atoms with Crippen molar-refractivity contribution in [3.05, 3.63) is 58.8 Å². The van der Waals surface area contributed by atoms with Crippen LogP contribution in [0, 0.1) is 20.8 Å². The highest BCUT2D eigenvalue weighted by atomic mass is 19.3. The monoisotopic (exact) mass is 467 g/mol. The minimum atomic E-state index is -3.70. The van der Waals surface area contributed by atoms with E-state index in [1.807, 2.05) is 32.9 Å². The highest BCUT2D eigenvalue weighted by molar-refractivity contribution is 6.01. The number of hydrogen-bond donors (Lipinski definition) is 1. The van der Waals surface area contributed by atoms with Crippen molar-refractivity contribution in [2.75, 3.05) is 12.4 Å². The molecule has 0 spiro atoms. The van der Waals surface area contributed by atoms with Gasteiger partial charge in [-0.05, 0) is 74.6 Å². The number of nitrogens with zero attached hydrogens (tertiary/aromatic N) is 2. The summed E-state index contributed by atoms with van der Waals surface area (Å²) in [6, 6.07) is 8.24. The van der Waals surface area contributed by atoms with E-state index in [0.29, 0.717) is 35.8 Å². The zero-order valence-electron chi connectivity index (χ0n) is 19.2. The molecule has 2 aromatic heterocycles. The molecule has 176 valence electrons. The van der Waals surface area contributed by atoms with Gasteiger partial charge in [0, 0.05) is 17.3 Å². The molecular formula is C25H23F2N3O4. The fraction of sp³-hybridized carbons (Fsp3) is 0.320. The number of nitrogens with one attached hydrogen (secondary N) is 1. The van der Waals surface area contributed by atoms with Gasteiger partial charge < -0.3 is 19.5 Å². The number of fused-ring (bicyclic) bond motifs is 1. The van der Waals surface area contributed by atoms with E-state index in [1.54, 1.807) is 19.4 Å². The van der Waals surface area contributed by atoms with Crippen LogP contribution in [0.3, 0.4) is 0 Å². The number of methoxy groups -OCH3 is 1. The number of carbonyl (C=O) groups is 1. The summed E-state index contributed by atoms with van der Waals surface area (Å²) < 4.78 is 41.1. The molecule has 1 saturated carbocycles. The van der Waals surface area contributed by atoms with Crippen LogP contribution in [0.5, 0.6) is 17.4 Å². The van der Waals surface area contributed by atoms with E-state index in [-0.39, 0.29) is 17.4 Å². The molecule has 3 aromatic rings. The van der Waals surface area contributed by atoms with Crippen LogP contribution in [-0.4, -0.2) is 29.3 Å². The Hall–Kier alpha value is -3.75. The number of ether oxygens (including phenoxy) is 3. The number of hydrogen-bond acceptors (Lipinski definition) is 6. The minimum Gasteiger partial charge on any atom is -0.481 e. The van der Waals surface area contributed by atoms with E-state index >= 15 is 0 Å². The van der Waals surface area contributed by atoms with Crippen LogP contribution in [0.2, 0.25) is 0 Å². The Morgan fingerprint density at radius 3 is 2.47 bits per heavy atom. The number of anilines is 1. The van der Waals surface area contributed by atoms with Crippen molar-refractivity contribution in [3.63, 3.8) is 0 Å². The number of alkyl halides is 2. The second-order valence-corrected chi connectivity index (χ2v) is 8.71. The predicted molar refractivity (Wildman–Crippen MR) is 120 cm³/mol. The third-order valence-electron chi connectivity index (χ3n) is 6.41. The summed E-state index contributed by atoms with van der Waals surface area (Å²) in [5.74, 6) is 0.586. The van der Waals surface area contributed by atoms with E-state index in [4.69, 9.17) is 9.72 Å². The average molecular weight is 467 g/mol.